The fourth-order valence-corrected chi connectivity index (χ4v) is 3.01. The van der Waals surface area contributed by atoms with Crippen molar-refractivity contribution in [3.05, 3.63) is 56.0 Å². The summed E-state index contributed by atoms with van der Waals surface area (Å²) in [7, 11) is 0. The van der Waals surface area contributed by atoms with E-state index >= 15 is 0 Å². The Morgan fingerprint density at radius 3 is 2.21 bits per heavy atom. The van der Waals surface area contributed by atoms with Crippen LogP contribution in [-0.2, 0) is 0 Å². The zero-order valence-corrected chi connectivity index (χ0v) is 13.8. The molecule has 2 rings (SSSR count). The maximum absolute atomic E-state index is 9.19. The number of nitrogens with one attached hydrogen (secondary N) is 1. The van der Waals surface area contributed by atoms with Crippen molar-refractivity contribution < 1.29 is 0 Å². The van der Waals surface area contributed by atoms with Gasteiger partial charge in [-0.2, -0.15) is 5.26 Å². The summed E-state index contributed by atoms with van der Waals surface area (Å²) in [5.41, 5.74) is 4.76. The van der Waals surface area contributed by atoms with Gasteiger partial charge in [-0.15, -0.1) is 0 Å². The summed E-state index contributed by atoms with van der Waals surface area (Å²) in [6, 6.07) is 12.0. The predicted octanol–water partition coefficient (Wildman–Crippen LogP) is 5.44. The molecule has 0 amide bonds. The van der Waals surface area contributed by atoms with Crippen LogP contribution in [0, 0.1) is 25.2 Å². The van der Waals surface area contributed by atoms with Crippen molar-refractivity contribution in [1.29, 1.82) is 5.26 Å². The second-order valence-corrected chi connectivity index (χ2v) is 6.17. The zero-order valence-electron chi connectivity index (χ0n) is 10.6. The lowest BCUT2D eigenvalue weighted by atomic mass is 10.1. The second-order valence-electron chi connectivity index (χ2n) is 4.34. The summed E-state index contributed by atoms with van der Waals surface area (Å²) in [5.74, 6) is 0. The molecular formula is C15H12Br2N2. The molecule has 0 atom stereocenters. The van der Waals surface area contributed by atoms with Gasteiger partial charge in [0.1, 0.15) is 6.07 Å². The van der Waals surface area contributed by atoms with Crippen molar-refractivity contribution in [2.24, 2.45) is 0 Å². The van der Waals surface area contributed by atoms with Crippen LogP contribution in [0.25, 0.3) is 0 Å². The van der Waals surface area contributed by atoms with E-state index in [9.17, 15) is 5.26 Å². The number of hydrogen-bond acceptors (Lipinski definition) is 2. The Labute approximate surface area is 129 Å². The number of hydrogen-bond donors (Lipinski definition) is 1. The average molecular weight is 380 g/mol. The van der Waals surface area contributed by atoms with Gasteiger partial charge in [-0.25, -0.2) is 0 Å². The Kier molecular flexibility index (Phi) is 4.28. The van der Waals surface area contributed by atoms with E-state index in [1.54, 1.807) is 0 Å². The molecule has 0 aliphatic rings. The molecule has 0 bridgehead atoms. The van der Waals surface area contributed by atoms with Crippen LogP contribution in [0.15, 0.2) is 39.3 Å². The highest BCUT2D eigenvalue weighted by atomic mass is 79.9. The summed E-state index contributed by atoms with van der Waals surface area (Å²) < 4.78 is 1.96. The van der Waals surface area contributed by atoms with Gasteiger partial charge in [0.2, 0.25) is 0 Å². The molecule has 0 aliphatic carbocycles. The highest BCUT2D eigenvalue weighted by Gasteiger charge is 2.08. The predicted molar refractivity (Wildman–Crippen MR) is 85.8 cm³/mol. The molecule has 0 saturated heterocycles. The first kappa shape index (κ1) is 14.1. The number of nitrogens with zero attached hydrogens (tertiary/aromatic N) is 1. The molecule has 1 N–H and O–H groups in total. The third kappa shape index (κ3) is 3.17. The molecule has 0 fully saturated rings. The van der Waals surface area contributed by atoms with Gasteiger partial charge >= 0.3 is 0 Å². The van der Waals surface area contributed by atoms with Crippen LogP contribution in [0.4, 0.5) is 11.4 Å². The molecule has 2 nitrogen and oxygen atoms in total. The second kappa shape index (κ2) is 5.77. The first-order valence-electron chi connectivity index (χ1n) is 5.74. The van der Waals surface area contributed by atoms with Gasteiger partial charge in [-0.3, -0.25) is 0 Å². The molecule has 2 aromatic carbocycles. The minimum absolute atomic E-state index is 0.621. The number of anilines is 2. The van der Waals surface area contributed by atoms with E-state index in [1.165, 1.54) is 0 Å². The van der Waals surface area contributed by atoms with Gasteiger partial charge < -0.3 is 5.32 Å². The average Bonchev–Trinajstić information content (AvgIpc) is 2.35. The van der Waals surface area contributed by atoms with E-state index in [1.807, 2.05) is 32.0 Å². The third-order valence-electron chi connectivity index (χ3n) is 2.86. The van der Waals surface area contributed by atoms with Crippen LogP contribution >= 0.6 is 31.9 Å². The molecule has 0 aromatic heterocycles. The van der Waals surface area contributed by atoms with Gasteiger partial charge in [0.05, 0.1) is 11.3 Å². The van der Waals surface area contributed by atoms with Gasteiger partial charge in [-0.05, 0) is 55.3 Å². The summed E-state index contributed by atoms with van der Waals surface area (Å²) in [4.78, 5) is 0. The maximum atomic E-state index is 9.19. The Bertz CT molecular complexity index is 649. The van der Waals surface area contributed by atoms with Crippen molar-refractivity contribution in [2.45, 2.75) is 13.8 Å². The van der Waals surface area contributed by atoms with Crippen molar-refractivity contribution in [2.75, 3.05) is 5.32 Å². The first-order valence-corrected chi connectivity index (χ1v) is 7.33. The molecule has 19 heavy (non-hydrogen) atoms. The van der Waals surface area contributed by atoms with Crippen molar-refractivity contribution in [3.63, 3.8) is 0 Å². The number of rotatable bonds is 2. The smallest absolute Gasteiger partial charge is 0.101 e. The molecule has 2 aromatic rings. The van der Waals surface area contributed by atoms with E-state index < -0.39 is 0 Å². The van der Waals surface area contributed by atoms with Gasteiger partial charge in [0, 0.05) is 14.6 Å². The van der Waals surface area contributed by atoms with E-state index in [2.05, 4.69) is 55.4 Å². The molecular weight excluding hydrogens is 368 g/mol. The molecule has 0 unspecified atom stereocenters. The summed E-state index contributed by atoms with van der Waals surface area (Å²) in [6.45, 7) is 4.09. The maximum Gasteiger partial charge on any atom is 0.101 e. The third-order valence-corrected chi connectivity index (χ3v) is 3.81. The molecule has 4 heteroatoms. The largest absolute Gasteiger partial charge is 0.354 e. The van der Waals surface area contributed by atoms with Crippen LogP contribution < -0.4 is 5.32 Å². The van der Waals surface area contributed by atoms with Gasteiger partial charge in [-0.1, -0.05) is 31.9 Å². The Morgan fingerprint density at radius 2 is 1.63 bits per heavy atom. The minimum Gasteiger partial charge on any atom is -0.354 e. The Morgan fingerprint density at radius 1 is 1.00 bits per heavy atom. The molecule has 96 valence electrons. The number of aryl methyl sites for hydroxylation is 2. The lowest BCUT2D eigenvalue weighted by Crippen LogP contribution is -1.98. The highest BCUT2D eigenvalue weighted by molar-refractivity contribution is 9.10. The minimum atomic E-state index is 0.621. The van der Waals surface area contributed by atoms with Crippen molar-refractivity contribution >= 4 is 43.2 Å². The summed E-state index contributed by atoms with van der Waals surface area (Å²) in [6.07, 6.45) is 0. The van der Waals surface area contributed by atoms with Gasteiger partial charge in [0.15, 0.2) is 0 Å². The first-order chi connectivity index (χ1) is 9.01. The summed E-state index contributed by atoms with van der Waals surface area (Å²) in [5, 5.41) is 12.5. The van der Waals surface area contributed by atoms with Crippen molar-refractivity contribution in [1.82, 2.24) is 0 Å². The van der Waals surface area contributed by atoms with E-state index in [0.29, 0.717) is 5.56 Å². The van der Waals surface area contributed by atoms with Crippen LogP contribution in [0.1, 0.15) is 16.7 Å². The quantitative estimate of drug-likeness (QED) is 0.753. The molecule has 0 aliphatic heterocycles. The Hall–Kier alpha value is -1.31. The van der Waals surface area contributed by atoms with E-state index in [4.69, 9.17) is 0 Å². The lowest BCUT2D eigenvalue weighted by molar-refractivity contribution is 1.34. The lowest BCUT2D eigenvalue weighted by Gasteiger charge is -2.14. The van der Waals surface area contributed by atoms with Crippen molar-refractivity contribution in [3.8, 4) is 6.07 Å². The van der Waals surface area contributed by atoms with E-state index in [-0.39, 0.29) is 0 Å². The number of benzene rings is 2. The normalized spacial score (nSPS) is 10.1. The SMILES string of the molecule is Cc1cc(Br)cc(C)c1Nc1ccc(Br)cc1C#N. The van der Waals surface area contributed by atoms with Gasteiger partial charge in [0.25, 0.3) is 0 Å². The van der Waals surface area contributed by atoms with Crippen LogP contribution in [-0.4, -0.2) is 0 Å². The molecule has 0 saturated carbocycles. The van der Waals surface area contributed by atoms with Crippen LogP contribution in [0.3, 0.4) is 0 Å². The highest BCUT2D eigenvalue weighted by Crippen LogP contribution is 2.30. The molecule has 0 radical (unpaired) electrons. The number of halogens is 2. The Balaban J connectivity index is 2.45. The standard InChI is InChI=1S/C15H12Br2N2/c1-9-5-13(17)6-10(2)15(9)19-14-4-3-12(16)7-11(14)8-18/h3-7,19H,1-2H3. The van der Waals surface area contributed by atoms with E-state index in [0.717, 1.165) is 31.4 Å². The van der Waals surface area contributed by atoms with Crippen LogP contribution in [0.5, 0.6) is 0 Å². The van der Waals surface area contributed by atoms with Crippen LogP contribution in [0.2, 0.25) is 0 Å². The summed E-state index contributed by atoms with van der Waals surface area (Å²) >= 11 is 6.86. The zero-order chi connectivity index (χ0) is 14.0. The topological polar surface area (TPSA) is 35.8 Å². The molecule has 0 heterocycles. The molecule has 0 spiro atoms. The monoisotopic (exact) mass is 378 g/mol. The fraction of sp³-hybridized carbons (Fsp3) is 0.133. The number of nitriles is 1. The fourth-order valence-electron chi connectivity index (χ4n) is 1.96.